The predicted octanol–water partition coefficient (Wildman–Crippen LogP) is 5.96. The number of rotatable bonds is 10. The normalized spacial score (nSPS) is 12.3. The molecule has 0 spiro atoms. The number of fused-ring (bicyclic) bond motifs is 1. The first kappa shape index (κ1) is 26.3. The standard InChI is InChI=1S/C27H25ClN4O4S2/c1-35-26(34)24-20-8-5-9-21(20)38-25(24)29-23(33)14-15-37-27-31-30-22(32(27)18-6-3-2-4-7-18)16-36-19-12-10-17(28)11-13-19/h2-4,6-7,10-13H,5,8-9,14-16H2,1H3,(H,29,33). The number of thiophene rings is 1. The minimum atomic E-state index is -0.404. The molecule has 2 aromatic carbocycles. The molecule has 1 aliphatic rings. The van der Waals surface area contributed by atoms with Crippen molar-refractivity contribution in [3.05, 3.63) is 81.4 Å². The lowest BCUT2D eigenvalue weighted by Gasteiger charge is -2.11. The zero-order valence-electron chi connectivity index (χ0n) is 20.6. The molecule has 1 aliphatic carbocycles. The summed E-state index contributed by atoms with van der Waals surface area (Å²) in [7, 11) is 1.36. The lowest BCUT2D eigenvalue weighted by atomic mass is 10.1. The van der Waals surface area contributed by atoms with Crippen LogP contribution >= 0.6 is 34.7 Å². The first-order valence-electron chi connectivity index (χ1n) is 12.1. The van der Waals surface area contributed by atoms with Gasteiger partial charge in [0.25, 0.3) is 0 Å². The van der Waals surface area contributed by atoms with Crippen molar-refractivity contribution in [3.8, 4) is 11.4 Å². The summed E-state index contributed by atoms with van der Waals surface area (Å²) in [5.41, 5.74) is 2.41. The number of hydrogen-bond acceptors (Lipinski definition) is 8. The summed E-state index contributed by atoms with van der Waals surface area (Å²) in [5.74, 6) is 1.22. The number of methoxy groups -OCH3 is 1. The second-order valence-corrected chi connectivity index (χ2v) is 11.1. The summed E-state index contributed by atoms with van der Waals surface area (Å²) in [5, 5.41) is 13.5. The lowest BCUT2D eigenvalue weighted by Crippen LogP contribution is -2.15. The number of aryl methyl sites for hydroxylation is 1. The van der Waals surface area contributed by atoms with E-state index >= 15 is 0 Å². The molecule has 38 heavy (non-hydrogen) atoms. The van der Waals surface area contributed by atoms with E-state index in [0.29, 0.717) is 38.1 Å². The molecule has 1 N–H and O–H groups in total. The van der Waals surface area contributed by atoms with Crippen LogP contribution in [0.5, 0.6) is 5.75 Å². The molecule has 2 aromatic heterocycles. The fourth-order valence-electron chi connectivity index (χ4n) is 4.24. The summed E-state index contributed by atoms with van der Waals surface area (Å²) in [6.45, 7) is 0.212. The lowest BCUT2D eigenvalue weighted by molar-refractivity contribution is -0.115. The average Bonchev–Trinajstić information content (AvgIpc) is 3.63. The van der Waals surface area contributed by atoms with Gasteiger partial charge in [-0.15, -0.1) is 21.5 Å². The third-order valence-corrected chi connectivity index (χ3v) is 8.41. The average molecular weight is 569 g/mol. The number of carbonyl (C=O) groups excluding carboxylic acids is 2. The molecule has 0 fully saturated rings. The van der Waals surface area contributed by atoms with Crippen LogP contribution in [-0.4, -0.2) is 39.5 Å². The zero-order chi connectivity index (χ0) is 26.5. The van der Waals surface area contributed by atoms with E-state index in [1.165, 1.54) is 30.2 Å². The van der Waals surface area contributed by atoms with E-state index in [-0.39, 0.29) is 18.9 Å². The number of hydrogen-bond donors (Lipinski definition) is 1. The number of anilines is 1. The van der Waals surface area contributed by atoms with Gasteiger partial charge < -0.3 is 14.8 Å². The van der Waals surface area contributed by atoms with Crippen LogP contribution in [0.1, 0.15) is 39.5 Å². The minimum absolute atomic E-state index is 0.167. The number of ether oxygens (including phenoxy) is 2. The van der Waals surface area contributed by atoms with Gasteiger partial charge in [0.15, 0.2) is 11.0 Å². The fraction of sp³-hybridized carbons (Fsp3) is 0.259. The maximum atomic E-state index is 12.8. The molecule has 0 bridgehead atoms. The molecule has 11 heteroatoms. The van der Waals surface area contributed by atoms with Crippen molar-refractivity contribution in [2.24, 2.45) is 0 Å². The number of thioether (sulfide) groups is 1. The Labute approximate surface area is 233 Å². The van der Waals surface area contributed by atoms with Crippen LogP contribution in [0.3, 0.4) is 0 Å². The smallest absolute Gasteiger partial charge is 0.341 e. The summed E-state index contributed by atoms with van der Waals surface area (Å²) >= 11 is 8.87. The molecule has 0 radical (unpaired) electrons. The number of halogens is 1. The SMILES string of the molecule is COC(=O)c1c(NC(=O)CCSc2nnc(COc3ccc(Cl)cc3)n2-c2ccccc2)sc2c1CCC2. The molecule has 5 rings (SSSR count). The molecule has 8 nitrogen and oxygen atoms in total. The van der Waals surface area contributed by atoms with E-state index in [1.54, 1.807) is 24.3 Å². The number of nitrogens with one attached hydrogen (secondary N) is 1. The Kier molecular flexibility index (Phi) is 8.31. The van der Waals surface area contributed by atoms with E-state index in [0.717, 1.165) is 35.4 Å². The quantitative estimate of drug-likeness (QED) is 0.186. The van der Waals surface area contributed by atoms with Gasteiger partial charge in [0.05, 0.1) is 12.7 Å². The molecular formula is C27H25ClN4O4S2. The number of amides is 1. The number of para-hydroxylation sites is 1. The first-order valence-corrected chi connectivity index (χ1v) is 14.2. The highest BCUT2D eigenvalue weighted by atomic mass is 35.5. The first-order chi connectivity index (χ1) is 18.5. The van der Waals surface area contributed by atoms with Crippen molar-refractivity contribution < 1.29 is 19.1 Å². The van der Waals surface area contributed by atoms with Crippen LogP contribution in [0.15, 0.2) is 59.8 Å². The summed E-state index contributed by atoms with van der Waals surface area (Å²) < 4.78 is 12.8. The molecule has 0 atom stereocenters. The third-order valence-electron chi connectivity index (χ3n) is 6.02. The van der Waals surface area contributed by atoms with Crippen molar-refractivity contribution in [1.82, 2.24) is 14.8 Å². The van der Waals surface area contributed by atoms with Crippen molar-refractivity contribution in [2.45, 2.75) is 37.4 Å². The van der Waals surface area contributed by atoms with Gasteiger partial charge in [-0.3, -0.25) is 9.36 Å². The van der Waals surface area contributed by atoms with Gasteiger partial charge in [-0.2, -0.15) is 0 Å². The van der Waals surface area contributed by atoms with E-state index in [4.69, 9.17) is 21.1 Å². The van der Waals surface area contributed by atoms with Crippen LogP contribution in [0.4, 0.5) is 5.00 Å². The second-order valence-electron chi connectivity index (χ2n) is 8.51. The van der Waals surface area contributed by atoms with Crippen LogP contribution < -0.4 is 10.1 Å². The number of benzene rings is 2. The number of nitrogens with zero attached hydrogens (tertiary/aromatic N) is 3. The molecule has 0 saturated carbocycles. The van der Waals surface area contributed by atoms with E-state index in [9.17, 15) is 9.59 Å². The van der Waals surface area contributed by atoms with E-state index < -0.39 is 5.97 Å². The Morgan fingerprint density at radius 3 is 2.66 bits per heavy atom. The molecule has 196 valence electrons. The zero-order valence-corrected chi connectivity index (χ0v) is 23.0. The largest absolute Gasteiger partial charge is 0.486 e. The maximum absolute atomic E-state index is 12.8. The molecule has 4 aromatic rings. The molecular weight excluding hydrogens is 544 g/mol. The Morgan fingerprint density at radius 2 is 1.89 bits per heavy atom. The molecule has 0 aliphatic heterocycles. The highest BCUT2D eigenvalue weighted by Gasteiger charge is 2.28. The topological polar surface area (TPSA) is 95.3 Å². The Morgan fingerprint density at radius 1 is 1.11 bits per heavy atom. The van der Waals surface area contributed by atoms with Gasteiger partial charge >= 0.3 is 5.97 Å². The number of aromatic nitrogens is 3. The Bertz CT molecular complexity index is 1440. The Balaban J connectivity index is 1.25. The van der Waals surface area contributed by atoms with Crippen LogP contribution in [0, 0.1) is 0 Å². The maximum Gasteiger partial charge on any atom is 0.341 e. The predicted molar refractivity (Wildman–Crippen MR) is 149 cm³/mol. The third kappa shape index (κ3) is 5.87. The Hall–Kier alpha value is -3.34. The van der Waals surface area contributed by atoms with Gasteiger partial charge in [-0.1, -0.05) is 41.6 Å². The number of esters is 1. The van der Waals surface area contributed by atoms with Crippen molar-refractivity contribution in [1.29, 1.82) is 0 Å². The van der Waals surface area contributed by atoms with Gasteiger partial charge in [0.2, 0.25) is 5.91 Å². The van der Waals surface area contributed by atoms with Crippen LogP contribution in [-0.2, 0) is 29.0 Å². The molecule has 0 saturated heterocycles. The monoisotopic (exact) mass is 568 g/mol. The highest BCUT2D eigenvalue weighted by Crippen LogP contribution is 2.39. The highest BCUT2D eigenvalue weighted by molar-refractivity contribution is 7.99. The van der Waals surface area contributed by atoms with Crippen LogP contribution in [0.25, 0.3) is 5.69 Å². The molecule has 1 amide bonds. The summed E-state index contributed by atoms with van der Waals surface area (Å²) in [6.07, 6.45) is 3.02. The van der Waals surface area contributed by atoms with Crippen molar-refractivity contribution in [3.63, 3.8) is 0 Å². The number of carbonyl (C=O) groups is 2. The summed E-state index contributed by atoms with van der Waals surface area (Å²) in [4.78, 5) is 26.3. The summed E-state index contributed by atoms with van der Waals surface area (Å²) in [6, 6.07) is 16.9. The van der Waals surface area contributed by atoms with Gasteiger partial charge in [-0.05, 0) is 61.2 Å². The minimum Gasteiger partial charge on any atom is -0.486 e. The fourth-order valence-corrected chi connectivity index (χ4v) is 6.56. The van der Waals surface area contributed by atoms with Crippen molar-refractivity contribution in [2.75, 3.05) is 18.2 Å². The van der Waals surface area contributed by atoms with Crippen LogP contribution in [0.2, 0.25) is 5.02 Å². The van der Waals surface area contributed by atoms with Gasteiger partial charge in [0.1, 0.15) is 17.4 Å². The van der Waals surface area contributed by atoms with Gasteiger partial charge in [-0.25, -0.2) is 4.79 Å². The van der Waals surface area contributed by atoms with E-state index in [2.05, 4.69) is 15.5 Å². The molecule has 0 unspecified atom stereocenters. The van der Waals surface area contributed by atoms with Crippen molar-refractivity contribution >= 4 is 51.6 Å². The van der Waals surface area contributed by atoms with Gasteiger partial charge in [0, 0.05) is 27.8 Å². The molecule has 2 heterocycles. The second kappa shape index (κ2) is 12.0. The van der Waals surface area contributed by atoms with E-state index in [1.807, 2.05) is 34.9 Å².